The van der Waals surface area contributed by atoms with Gasteiger partial charge in [-0.15, -0.1) is 0 Å². The monoisotopic (exact) mass is 481 g/mol. The van der Waals surface area contributed by atoms with Crippen molar-refractivity contribution in [3.8, 4) is 0 Å². The highest BCUT2D eigenvalue weighted by Gasteiger charge is 2.21. The molecule has 0 fully saturated rings. The fourth-order valence-electron chi connectivity index (χ4n) is 4.58. The highest BCUT2D eigenvalue weighted by molar-refractivity contribution is 5.76. The number of hydrogen-bond acceptors (Lipinski definition) is 3. The standard InChI is InChI=1S/C30H59NO3/c1-6-11-14-15-16-19-24-34-30(33)23-18-17-22-29(32)31(25-27(9-4)20-12-7-2)26-28(10-5)21-13-8-3/h27-28H,6-26H2,1-5H3. The van der Waals surface area contributed by atoms with Gasteiger partial charge >= 0.3 is 5.97 Å². The largest absolute Gasteiger partial charge is 0.466 e. The molecule has 0 spiro atoms. The first-order valence-corrected chi connectivity index (χ1v) is 14.9. The summed E-state index contributed by atoms with van der Waals surface area (Å²) in [5.74, 6) is 1.38. The number of rotatable bonds is 24. The Bertz CT molecular complexity index is 462. The molecule has 0 radical (unpaired) electrons. The van der Waals surface area contributed by atoms with Crippen LogP contribution in [0.4, 0.5) is 0 Å². The van der Waals surface area contributed by atoms with E-state index in [4.69, 9.17) is 4.74 Å². The van der Waals surface area contributed by atoms with Crippen molar-refractivity contribution >= 4 is 11.9 Å². The summed E-state index contributed by atoms with van der Waals surface area (Å²) in [7, 11) is 0. The number of ether oxygens (including phenoxy) is 1. The van der Waals surface area contributed by atoms with E-state index in [-0.39, 0.29) is 11.9 Å². The minimum Gasteiger partial charge on any atom is -0.466 e. The topological polar surface area (TPSA) is 46.6 Å². The third-order valence-corrected chi connectivity index (χ3v) is 7.18. The summed E-state index contributed by atoms with van der Waals surface area (Å²) >= 11 is 0. The van der Waals surface area contributed by atoms with E-state index in [0.717, 1.165) is 51.6 Å². The Morgan fingerprint density at radius 1 is 0.618 bits per heavy atom. The van der Waals surface area contributed by atoms with Gasteiger partial charge in [-0.3, -0.25) is 9.59 Å². The van der Waals surface area contributed by atoms with Crippen molar-refractivity contribution in [2.24, 2.45) is 11.8 Å². The molecule has 0 saturated carbocycles. The van der Waals surface area contributed by atoms with Gasteiger partial charge in [0.2, 0.25) is 5.91 Å². The number of hydrogen-bond donors (Lipinski definition) is 0. The maximum Gasteiger partial charge on any atom is 0.305 e. The van der Waals surface area contributed by atoms with Gasteiger partial charge in [0.15, 0.2) is 0 Å². The molecule has 202 valence electrons. The molecule has 0 heterocycles. The predicted octanol–water partition coefficient (Wildman–Crippen LogP) is 8.71. The minimum atomic E-state index is -0.103. The van der Waals surface area contributed by atoms with Gasteiger partial charge < -0.3 is 9.64 Å². The van der Waals surface area contributed by atoms with Gasteiger partial charge in [0, 0.05) is 25.9 Å². The maximum absolute atomic E-state index is 13.2. The number of unbranched alkanes of at least 4 members (excludes halogenated alkanes) is 8. The molecule has 0 aliphatic rings. The molecular formula is C30H59NO3. The van der Waals surface area contributed by atoms with Gasteiger partial charge in [-0.25, -0.2) is 0 Å². The van der Waals surface area contributed by atoms with Crippen LogP contribution in [0.2, 0.25) is 0 Å². The number of esters is 1. The van der Waals surface area contributed by atoms with Gasteiger partial charge in [0.25, 0.3) is 0 Å². The second kappa shape index (κ2) is 23.7. The average Bonchev–Trinajstić information content (AvgIpc) is 2.85. The molecule has 0 aliphatic heterocycles. The van der Waals surface area contributed by atoms with E-state index in [1.807, 2.05) is 0 Å². The molecule has 0 rings (SSSR count). The zero-order valence-electron chi connectivity index (χ0n) is 23.7. The third kappa shape index (κ3) is 18.3. The van der Waals surface area contributed by atoms with Gasteiger partial charge in [0.1, 0.15) is 0 Å². The quantitative estimate of drug-likeness (QED) is 0.102. The second-order valence-electron chi connectivity index (χ2n) is 10.3. The molecular weight excluding hydrogens is 422 g/mol. The fourth-order valence-corrected chi connectivity index (χ4v) is 4.58. The molecule has 4 heteroatoms. The van der Waals surface area contributed by atoms with Crippen molar-refractivity contribution in [2.75, 3.05) is 19.7 Å². The molecule has 0 aromatic carbocycles. The molecule has 34 heavy (non-hydrogen) atoms. The molecule has 2 atom stereocenters. The molecule has 0 N–H and O–H groups in total. The maximum atomic E-state index is 13.2. The molecule has 4 nitrogen and oxygen atoms in total. The number of carbonyl (C=O) groups excluding carboxylic acids is 2. The normalized spacial score (nSPS) is 13.0. The van der Waals surface area contributed by atoms with E-state index < -0.39 is 0 Å². The number of amides is 1. The summed E-state index contributed by atoms with van der Waals surface area (Å²) in [6.07, 6.45) is 19.3. The Hall–Kier alpha value is -1.06. The predicted molar refractivity (Wildman–Crippen MR) is 146 cm³/mol. The first-order valence-electron chi connectivity index (χ1n) is 14.9. The van der Waals surface area contributed by atoms with Crippen LogP contribution in [0.15, 0.2) is 0 Å². The first-order chi connectivity index (χ1) is 16.5. The van der Waals surface area contributed by atoms with E-state index in [0.29, 0.717) is 31.3 Å². The Morgan fingerprint density at radius 2 is 1.12 bits per heavy atom. The lowest BCUT2D eigenvalue weighted by Gasteiger charge is -2.31. The van der Waals surface area contributed by atoms with Gasteiger partial charge in [-0.2, -0.15) is 0 Å². The van der Waals surface area contributed by atoms with Crippen molar-refractivity contribution in [2.45, 2.75) is 150 Å². The molecule has 0 aromatic heterocycles. The Morgan fingerprint density at radius 3 is 1.65 bits per heavy atom. The van der Waals surface area contributed by atoms with Crippen LogP contribution in [0, 0.1) is 11.8 Å². The summed E-state index contributed by atoms with van der Waals surface area (Å²) in [5, 5.41) is 0. The minimum absolute atomic E-state index is 0.103. The van der Waals surface area contributed by atoms with Crippen molar-refractivity contribution in [3.05, 3.63) is 0 Å². The zero-order chi connectivity index (χ0) is 25.4. The zero-order valence-corrected chi connectivity index (χ0v) is 23.7. The van der Waals surface area contributed by atoms with Crippen LogP contribution >= 0.6 is 0 Å². The summed E-state index contributed by atoms with van der Waals surface area (Å²) in [6.45, 7) is 13.6. The highest BCUT2D eigenvalue weighted by atomic mass is 16.5. The van der Waals surface area contributed by atoms with E-state index in [1.165, 1.54) is 64.2 Å². The molecule has 0 aromatic rings. The van der Waals surface area contributed by atoms with Crippen LogP contribution < -0.4 is 0 Å². The second-order valence-corrected chi connectivity index (χ2v) is 10.3. The van der Waals surface area contributed by atoms with E-state index in [2.05, 4.69) is 39.5 Å². The first kappa shape index (κ1) is 32.9. The van der Waals surface area contributed by atoms with E-state index in [1.54, 1.807) is 0 Å². The Labute approximate surface area is 213 Å². The molecule has 0 saturated heterocycles. The van der Waals surface area contributed by atoms with Crippen LogP contribution in [-0.4, -0.2) is 36.5 Å². The van der Waals surface area contributed by atoms with Crippen LogP contribution in [0.5, 0.6) is 0 Å². The molecule has 2 unspecified atom stereocenters. The lowest BCUT2D eigenvalue weighted by Crippen LogP contribution is -2.38. The van der Waals surface area contributed by atoms with Crippen LogP contribution in [0.1, 0.15) is 150 Å². The fraction of sp³-hybridized carbons (Fsp3) is 0.933. The van der Waals surface area contributed by atoms with E-state index in [9.17, 15) is 9.59 Å². The highest BCUT2D eigenvalue weighted by Crippen LogP contribution is 2.20. The molecule has 1 amide bonds. The Kier molecular flexibility index (Phi) is 22.9. The lowest BCUT2D eigenvalue weighted by atomic mass is 9.95. The smallest absolute Gasteiger partial charge is 0.305 e. The van der Waals surface area contributed by atoms with Crippen LogP contribution in [-0.2, 0) is 14.3 Å². The van der Waals surface area contributed by atoms with Crippen molar-refractivity contribution in [3.63, 3.8) is 0 Å². The van der Waals surface area contributed by atoms with Crippen molar-refractivity contribution < 1.29 is 14.3 Å². The third-order valence-electron chi connectivity index (χ3n) is 7.18. The van der Waals surface area contributed by atoms with Gasteiger partial charge in [-0.1, -0.05) is 105 Å². The van der Waals surface area contributed by atoms with Crippen molar-refractivity contribution in [1.29, 1.82) is 0 Å². The average molecular weight is 482 g/mol. The van der Waals surface area contributed by atoms with Crippen LogP contribution in [0.3, 0.4) is 0 Å². The summed E-state index contributed by atoms with van der Waals surface area (Å²) in [5.41, 5.74) is 0. The Balaban J connectivity index is 4.44. The molecule has 0 bridgehead atoms. The van der Waals surface area contributed by atoms with Gasteiger partial charge in [-0.05, 0) is 43.9 Å². The van der Waals surface area contributed by atoms with Gasteiger partial charge in [0.05, 0.1) is 6.61 Å². The molecule has 0 aliphatic carbocycles. The lowest BCUT2D eigenvalue weighted by molar-refractivity contribution is -0.144. The summed E-state index contributed by atoms with van der Waals surface area (Å²) in [6, 6.07) is 0. The summed E-state index contributed by atoms with van der Waals surface area (Å²) in [4.78, 5) is 27.3. The van der Waals surface area contributed by atoms with Crippen molar-refractivity contribution in [1.82, 2.24) is 4.90 Å². The van der Waals surface area contributed by atoms with E-state index >= 15 is 0 Å². The number of carbonyl (C=O) groups is 2. The summed E-state index contributed by atoms with van der Waals surface area (Å²) < 4.78 is 5.38. The van der Waals surface area contributed by atoms with Crippen LogP contribution in [0.25, 0.3) is 0 Å². The SMILES string of the molecule is CCCCCCCCOC(=O)CCCCC(=O)N(CC(CC)CCCC)CC(CC)CCCC. The number of nitrogens with zero attached hydrogens (tertiary/aromatic N) is 1.